The summed E-state index contributed by atoms with van der Waals surface area (Å²) >= 11 is 0. The Hall–Kier alpha value is -2.31. The number of quaternary nitrogens is 1. The Morgan fingerprint density at radius 2 is 1.67 bits per heavy atom. The van der Waals surface area contributed by atoms with Crippen molar-refractivity contribution >= 4 is 20.9 Å². The van der Waals surface area contributed by atoms with Crippen LogP contribution >= 0.6 is 0 Å². The Morgan fingerprint density at radius 1 is 1.04 bits per heavy atom. The molecule has 0 saturated heterocycles. The number of benzene rings is 2. The van der Waals surface area contributed by atoms with Gasteiger partial charge in [-0.05, 0) is 42.7 Å². The second-order valence-electron chi connectivity index (χ2n) is 7.52. The molecule has 0 atom stereocenters. The number of aromatic nitrogens is 1. The van der Waals surface area contributed by atoms with E-state index in [1.54, 1.807) is 24.4 Å². The highest BCUT2D eigenvalue weighted by Gasteiger charge is 2.25. The lowest BCUT2D eigenvalue weighted by molar-refractivity contribution is -1.05. The smallest absolute Gasteiger partial charge is 0.268 e. The molecule has 0 bridgehead atoms. The lowest BCUT2D eigenvalue weighted by Gasteiger charge is -2.25. The Kier molecular flexibility index (Phi) is 5.06. The van der Waals surface area contributed by atoms with Crippen LogP contribution in [-0.2, 0) is 10.0 Å². The van der Waals surface area contributed by atoms with Gasteiger partial charge in [0.25, 0.3) is 10.0 Å². The number of hydrogen-bond donors (Lipinski definition) is 0. The second-order valence-corrected chi connectivity index (χ2v) is 9.33. The first-order chi connectivity index (χ1) is 12.7. The molecule has 0 fully saturated rings. The monoisotopic (exact) mass is 387 g/mol. The summed E-state index contributed by atoms with van der Waals surface area (Å²) in [6.45, 7) is 6.94. The van der Waals surface area contributed by atoms with Crippen LogP contribution in [0.15, 0.2) is 59.6 Å². The molecular weight excluding hydrogens is 360 g/mol. The van der Waals surface area contributed by atoms with Gasteiger partial charge in [0.1, 0.15) is 20.6 Å². The van der Waals surface area contributed by atoms with Crippen LogP contribution in [0.3, 0.4) is 0 Å². The number of fused-ring (bicyclic) bond motifs is 1. The van der Waals surface area contributed by atoms with E-state index in [-0.39, 0.29) is 4.90 Å². The third kappa shape index (κ3) is 3.73. The molecule has 144 valence electrons. The Balaban J connectivity index is 2.13. The third-order valence-corrected chi connectivity index (χ3v) is 6.54. The molecule has 0 spiro atoms. The van der Waals surface area contributed by atoms with E-state index in [9.17, 15) is 8.42 Å². The van der Waals surface area contributed by atoms with E-state index in [2.05, 4.69) is 13.8 Å². The molecule has 1 aromatic heterocycles. The molecular formula is C21H27N2O3S+. The van der Waals surface area contributed by atoms with Gasteiger partial charge >= 0.3 is 0 Å². The van der Waals surface area contributed by atoms with Crippen molar-refractivity contribution in [2.24, 2.45) is 0 Å². The lowest BCUT2D eigenvalue weighted by atomic mass is 10.0. The van der Waals surface area contributed by atoms with E-state index >= 15 is 0 Å². The van der Waals surface area contributed by atoms with Crippen LogP contribution in [0.4, 0.5) is 0 Å². The summed E-state index contributed by atoms with van der Waals surface area (Å²) in [4.78, 5) is 6.35. The molecule has 27 heavy (non-hydrogen) atoms. The Morgan fingerprint density at radius 3 is 2.26 bits per heavy atom. The van der Waals surface area contributed by atoms with Crippen molar-refractivity contribution in [3.63, 3.8) is 0 Å². The topological polar surface area (TPSA) is 48.3 Å². The largest absolute Gasteiger partial charge is 0.313 e. The van der Waals surface area contributed by atoms with Crippen molar-refractivity contribution in [1.29, 1.82) is 0 Å². The van der Waals surface area contributed by atoms with E-state index in [4.69, 9.17) is 4.84 Å². The van der Waals surface area contributed by atoms with Crippen LogP contribution in [0.1, 0.15) is 32.3 Å². The van der Waals surface area contributed by atoms with Gasteiger partial charge in [0.05, 0.1) is 22.0 Å². The normalized spacial score (nSPS) is 12.7. The van der Waals surface area contributed by atoms with Crippen LogP contribution in [-0.4, -0.2) is 37.7 Å². The van der Waals surface area contributed by atoms with Crippen LogP contribution in [0.5, 0.6) is 5.75 Å². The highest BCUT2D eigenvalue weighted by molar-refractivity contribution is 7.90. The quantitative estimate of drug-likeness (QED) is 0.465. The fourth-order valence-electron chi connectivity index (χ4n) is 2.86. The van der Waals surface area contributed by atoms with Crippen molar-refractivity contribution < 1.29 is 17.9 Å². The zero-order chi connectivity index (χ0) is 19.8. The number of hydroxylamine groups is 3. The van der Waals surface area contributed by atoms with Gasteiger partial charge in [-0.15, -0.1) is 4.65 Å². The van der Waals surface area contributed by atoms with Crippen molar-refractivity contribution in [2.75, 3.05) is 20.6 Å². The number of para-hydroxylation sites is 1. The first-order valence-electron chi connectivity index (χ1n) is 9.14. The summed E-state index contributed by atoms with van der Waals surface area (Å²) in [5, 5.41) is 0.777. The minimum absolute atomic E-state index is 0.267. The molecule has 5 nitrogen and oxygen atoms in total. The van der Waals surface area contributed by atoms with Crippen LogP contribution < -0.4 is 4.84 Å². The zero-order valence-electron chi connectivity index (χ0n) is 16.5. The van der Waals surface area contributed by atoms with Crippen molar-refractivity contribution in [1.82, 2.24) is 3.97 Å². The molecule has 0 unspecified atom stereocenters. The van der Waals surface area contributed by atoms with Gasteiger partial charge in [-0.3, -0.25) is 0 Å². The SMILES string of the molecule is CC[N+](C)(C)Oc1cn(S(=O)(=O)c2ccc(C(C)C)cc2)c2ccccc12. The fourth-order valence-corrected chi connectivity index (χ4v) is 4.22. The fraction of sp³-hybridized carbons (Fsp3) is 0.333. The zero-order valence-corrected chi connectivity index (χ0v) is 17.3. The molecule has 0 amide bonds. The lowest BCUT2D eigenvalue weighted by Crippen LogP contribution is -2.42. The van der Waals surface area contributed by atoms with Crippen LogP contribution in [0, 0.1) is 0 Å². The summed E-state index contributed by atoms with van der Waals surface area (Å²) in [6.07, 6.45) is 1.58. The van der Waals surface area contributed by atoms with E-state index in [0.717, 1.165) is 17.5 Å². The van der Waals surface area contributed by atoms with E-state index in [1.807, 2.05) is 51.4 Å². The Labute approximate surface area is 161 Å². The van der Waals surface area contributed by atoms with Crippen molar-refractivity contribution in [2.45, 2.75) is 31.6 Å². The first kappa shape index (κ1) is 19.5. The van der Waals surface area contributed by atoms with Crippen molar-refractivity contribution in [3.05, 3.63) is 60.3 Å². The van der Waals surface area contributed by atoms with Gasteiger partial charge in [0.2, 0.25) is 5.75 Å². The molecule has 0 aliphatic heterocycles. The van der Waals surface area contributed by atoms with Gasteiger partial charge in [-0.25, -0.2) is 12.4 Å². The molecule has 1 heterocycles. The van der Waals surface area contributed by atoms with Crippen LogP contribution in [0.2, 0.25) is 0 Å². The Bertz CT molecular complexity index is 1050. The average molecular weight is 388 g/mol. The summed E-state index contributed by atoms with van der Waals surface area (Å²) in [5.74, 6) is 0.906. The maximum atomic E-state index is 13.3. The van der Waals surface area contributed by atoms with Gasteiger partial charge in [0, 0.05) is 0 Å². The van der Waals surface area contributed by atoms with Gasteiger partial charge in [0.15, 0.2) is 0 Å². The second kappa shape index (κ2) is 7.02. The molecule has 6 heteroatoms. The third-order valence-electron chi connectivity index (χ3n) is 4.85. The van der Waals surface area contributed by atoms with E-state index in [0.29, 0.717) is 21.8 Å². The molecule has 0 aliphatic carbocycles. The molecule has 3 rings (SSSR count). The van der Waals surface area contributed by atoms with E-state index in [1.165, 1.54) is 3.97 Å². The molecule has 2 aromatic carbocycles. The van der Waals surface area contributed by atoms with E-state index < -0.39 is 10.0 Å². The molecule has 0 radical (unpaired) electrons. The minimum atomic E-state index is -3.72. The van der Waals surface area contributed by atoms with Gasteiger partial charge in [-0.1, -0.05) is 38.1 Å². The first-order valence-corrected chi connectivity index (χ1v) is 10.6. The highest BCUT2D eigenvalue weighted by Crippen LogP contribution is 2.32. The van der Waals surface area contributed by atoms with Crippen molar-refractivity contribution in [3.8, 4) is 5.75 Å². The van der Waals surface area contributed by atoms with Crippen LogP contribution in [0.25, 0.3) is 10.9 Å². The summed E-state index contributed by atoms with van der Waals surface area (Å²) < 4.78 is 28.2. The average Bonchev–Trinajstić information content (AvgIpc) is 3.01. The standard InChI is InChI=1S/C21H27N2O3S/c1-6-23(4,5)26-21-15-22(20-10-8-7-9-19(20)21)27(24,25)18-13-11-17(12-14-18)16(2)3/h7-16H,6H2,1-5H3/q+1. The maximum absolute atomic E-state index is 13.3. The minimum Gasteiger partial charge on any atom is -0.313 e. The predicted octanol–water partition coefficient (Wildman–Crippen LogP) is 4.39. The summed E-state index contributed by atoms with van der Waals surface area (Å²) in [5.41, 5.74) is 1.72. The molecule has 3 aromatic rings. The van der Waals surface area contributed by atoms with Gasteiger partial charge in [-0.2, -0.15) is 0 Å². The number of nitrogens with zero attached hydrogens (tertiary/aromatic N) is 2. The predicted molar refractivity (Wildman–Crippen MR) is 108 cm³/mol. The summed E-state index contributed by atoms with van der Waals surface area (Å²) in [7, 11) is 0.152. The number of rotatable bonds is 6. The molecule has 0 saturated carbocycles. The molecule has 0 aliphatic rings. The summed E-state index contributed by atoms with van der Waals surface area (Å²) in [6, 6.07) is 14.5. The highest BCUT2D eigenvalue weighted by atomic mass is 32.2. The van der Waals surface area contributed by atoms with Gasteiger partial charge < -0.3 is 4.84 Å². The maximum Gasteiger partial charge on any atom is 0.268 e. The molecule has 0 N–H and O–H groups in total. The number of hydrogen-bond acceptors (Lipinski definition) is 3.